The molecule has 0 aliphatic heterocycles. The Balaban J connectivity index is 2.65. The van der Waals surface area contributed by atoms with Gasteiger partial charge in [-0.15, -0.1) is 10.2 Å². The van der Waals surface area contributed by atoms with E-state index in [2.05, 4.69) is 15.2 Å². The van der Waals surface area contributed by atoms with Gasteiger partial charge in [0.05, 0.1) is 27.3 Å². The molecule has 11 nitrogen and oxygen atoms in total. The van der Waals surface area contributed by atoms with Crippen LogP contribution >= 0.6 is 19.2 Å². The lowest BCUT2D eigenvalue weighted by Crippen LogP contribution is -2.00. The van der Waals surface area contributed by atoms with Crippen molar-refractivity contribution in [2.75, 3.05) is 0 Å². The number of benzene rings is 1. The lowest BCUT2D eigenvalue weighted by molar-refractivity contribution is 0.112. The third-order valence-corrected chi connectivity index (χ3v) is 5.31. The summed E-state index contributed by atoms with van der Waals surface area (Å²) in [6, 6.07) is 3.09. The van der Waals surface area contributed by atoms with E-state index in [9.17, 15) is 32.7 Å². The first-order chi connectivity index (χ1) is 12.8. The van der Waals surface area contributed by atoms with Gasteiger partial charge in [-0.3, -0.25) is 13.9 Å². The van der Waals surface area contributed by atoms with Gasteiger partial charge in [0.1, 0.15) is 11.4 Å². The quantitative estimate of drug-likeness (QED) is 0.222. The van der Waals surface area contributed by atoms with Gasteiger partial charge in [-0.25, -0.2) is 4.98 Å². The van der Waals surface area contributed by atoms with Crippen molar-refractivity contribution in [1.82, 2.24) is 4.98 Å². The van der Waals surface area contributed by atoms with Crippen LogP contribution in [0.1, 0.15) is 21.6 Å². The van der Waals surface area contributed by atoms with Crippen molar-refractivity contribution in [2.45, 2.75) is 18.0 Å². The van der Waals surface area contributed by atoms with Gasteiger partial charge in [0.25, 0.3) is 10.1 Å². The Morgan fingerprint density at radius 3 is 2.46 bits per heavy atom. The first-order valence-corrected chi connectivity index (χ1v) is 10.9. The average molecular weight is 450 g/mol. The number of hydrogen-bond donors (Lipinski definition) is 4. The molecule has 0 spiro atoms. The summed E-state index contributed by atoms with van der Waals surface area (Å²) in [5, 5.41) is 17.3. The van der Waals surface area contributed by atoms with Gasteiger partial charge in [-0.05, 0) is 25.1 Å². The van der Waals surface area contributed by atoms with E-state index in [-0.39, 0.29) is 34.1 Å². The Hall–Kier alpha value is -2.21. The highest BCUT2D eigenvalue weighted by Gasteiger charge is 2.24. The minimum absolute atomic E-state index is 0.0428. The lowest BCUT2D eigenvalue weighted by Gasteiger charge is -2.12. The highest BCUT2D eigenvalue weighted by Crippen LogP contribution is 2.44. The molecular weight excluding hydrogens is 437 g/mol. The van der Waals surface area contributed by atoms with Crippen molar-refractivity contribution in [3.05, 3.63) is 40.0 Å². The SMILES string of the molecule is Cc1nc(N=Nc2cc(S(=O)(=O)O)ccc2Cl)c(CP(=O)(O)O)c(C=O)c1O. The molecule has 0 aliphatic carbocycles. The van der Waals surface area contributed by atoms with Gasteiger partial charge < -0.3 is 14.9 Å². The van der Waals surface area contributed by atoms with Crippen LogP contribution in [0.2, 0.25) is 5.02 Å². The molecule has 0 radical (unpaired) electrons. The first-order valence-electron chi connectivity index (χ1n) is 7.24. The monoisotopic (exact) mass is 449 g/mol. The van der Waals surface area contributed by atoms with Crippen LogP contribution in [0.3, 0.4) is 0 Å². The van der Waals surface area contributed by atoms with E-state index >= 15 is 0 Å². The highest BCUT2D eigenvalue weighted by molar-refractivity contribution is 7.85. The number of nitrogens with zero attached hydrogens (tertiary/aromatic N) is 3. The summed E-state index contributed by atoms with van der Waals surface area (Å²) in [6.45, 7) is 1.33. The fraction of sp³-hybridized carbons (Fsp3) is 0.143. The normalized spacial score (nSPS) is 12.5. The maximum absolute atomic E-state index is 11.4. The fourth-order valence-electron chi connectivity index (χ4n) is 2.14. The van der Waals surface area contributed by atoms with Crippen LogP contribution in [-0.2, 0) is 20.8 Å². The van der Waals surface area contributed by atoms with Crippen LogP contribution in [0, 0.1) is 6.92 Å². The zero-order valence-corrected chi connectivity index (χ0v) is 16.5. The molecule has 1 heterocycles. The maximum Gasteiger partial charge on any atom is 0.330 e. The van der Waals surface area contributed by atoms with Crippen molar-refractivity contribution in [3.63, 3.8) is 0 Å². The number of aromatic hydroxyl groups is 1. The molecule has 2 aromatic rings. The third-order valence-electron chi connectivity index (χ3n) is 3.42. The smallest absolute Gasteiger partial charge is 0.330 e. The second kappa shape index (κ2) is 8.03. The molecule has 0 atom stereocenters. The van der Waals surface area contributed by atoms with Gasteiger partial charge in [0.15, 0.2) is 12.1 Å². The molecule has 150 valence electrons. The average Bonchev–Trinajstić information content (AvgIpc) is 2.56. The molecule has 1 aromatic heterocycles. The number of carbonyl (C=O) groups is 1. The largest absolute Gasteiger partial charge is 0.505 e. The minimum atomic E-state index is -4.67. The highest BCUT2D eigenvalue weighted by atomic mass is 35.5. The summed E-state index contributed by atoms with van der Waals surface area (Å²) in [6.07, 6.45) is -0.755. The van der Waals surface area contributed by atoms with Crippen LogP contribution in [0.15, 0.2) is 33.3 Å². The number of rotatable bonds is 6. The van der Waals surface area contributed by atoms with E-state index in [1.807, 2.05) is 0 Å². The van der Waals surface area contributed by atoms with Crippen molar-refractivity contribution in [3.8, 4) is 5.75 Å². The Kier molecular flexibility index (Phi) is 6.34. The Morgan fingerprint density at radius 2 is 1.93 bits per heavy atom. The molecular formula is C14H13ClN3O8PS. The zero-order valence-electron chi connectivity index (χ0n) is 14.0. The fourth-order valence-corrected chi connectivity index (χ4v) is 3.52. The number of pyridine rings is 1. The number of azo groups is 1. The van der Waals surface area contributed by atoms with Crippen molar-refractivity contribution < 1.29 is 37.2 Å². The maximum atomic E-state index is 11.4. The van der Waals surface area contributed by atoms with Gasteiger partial charge in [0, 0.05) is 5.56 Å². The molecule has 0 amide bonds. The second-order valence-corrected chi connectivity index (χ2v) is 8.96. The van der Waals surface area contributed by atoms with E-state index in [1.165, 1.54) is 6.92 Å². The number of aryl methyl sites for hydroxylation is 1. The predicted octanol–water partition coefficient (Wildman–Crippen LogP) is 2.90. The molecule has 28 heavy (non-hydrogen) atoms. The lowest BCUT2D eigenvalue weighted by atomic mass is 10.1. The van der Waals surface area contributed by atoms with E-state index in [0.29, 0.717) is 0 Å². The third kappa shape index (κ3) is 5.19. The molecule has 0 unspecified atom stereocenters. The molecule has 0 fully saturated rings. The molecule has 1 aromatic carbocycles. The summed E-state index contributed by atoms with van der Waals surface area (Å²) in [5.41, 5.74) is -1.01. The van der Waals surface area contributed by atoms with Gasteiger partial charge in [0.2, 0.25) is 0 Å². The summed E-state index contributed by atoms with van der Waals surface area (Å²) in [7, 11) is -9.21. The minimum Gasteiger partial charge on any atom is -0.505 e. The number of aromatic nitrogens is 1. The van der Waals surface area contributed by atoms with E-state index in [1.54, 1.807) is 0 Å². The number of hydrogen-bond acceptors (Lipinski definition) is 8. The van der Waals surface area contributed by atoms with Crippen molar-refractivity contribution in [1.29, 1.82) is 0 Å². The van der Waals surface area contributed by atoms with Crippen LogP contribution in [-0.4, -0.2) is 39.1 Å². The molecule has 2 rings (SSSR count). The summed E-state index contributed by atoms with van der Waals surface area (Å²) in [5.74, 6) is -0.946. The summed E-state index contributed by atoms with van der Waals surface area (Å²) >= 11 is 5.90. The van der Waals surface area contributed by atoms with E-state index in [4.69, 9.17) is 16.2 Å². The van der Waals surface area contributed by atoms with Crippen LogP contribution in [0.4, 0.5) is 11.5 Å². The topological polar surface area (TPSA) is 187 Å². The van der Waals surface area contributed by atoms with Gasteiger partial charge in [-0.2, -0.15) is 8.42 Å². The molecule has 0 aliphatic rings. The van der Waals surface area contributed by atoms with Crippen LogP contribution < -0.4 is 0 Å². The molecule has 0 bridgehead atoms. The molecule has 0 saturated carbocycles. The van der Waals surface area contributed by atoms with E-state index < -0.39 is 40.1 Å². The Bertz CT molecular complexity index is 1130. The molecule has 14 heteroatoms. The number of carbonyl (C=O) groups excluding carboxylic acids is 1. The number of halogens is 1. The Labute approximate surface area is 163 Å². The Morgan fingerprint density at radius 1 is 1.29 bits per heavy atom. The van der Waals surface area contributed by atoms with Gasteiger partial charge >= 0.3 is 7.60 Å². The summed E-state index contributed by atoms with van der Waals surface area (Å²) < 4.78 is 42.9. The predicted molar refractivity (Wildman–Crippen MR) is 97.2 cm³/mol. The van der Waals surface area contributed by atoms with Crippen LogP contribution in [0.25, 0.3) is 0 Å². The summed E-state index contributed by atoms with van der Waals surface area (Å²) in [4.78, 5) is 33.1. The van der Waals surface area contributed by atoms with Gasteiger partial charge in [-0.1, -0.05) is 11.6 Å². The molecule has 4 N–H and O–H groups in total. The molecule has 0 saturated heterocycles. The zero-order chi connectivity index (χ0) is 21.3. The van der Waals surface area contributed by atoms with E-state index in [0.717, 1.165) is 18.2 Å². The number of aldehydes is 1. The van der Waals surface area contributed by atoms with Crippen molar-refractivity contribution in [2.24, 2.45) is 10.2 Å². The van der Waals surface area contributed by atoms with Crippen molar-refractivity contribution >= 4 is 47.1 Å². The van der Waals surface area contributed by atoms with Crippen LogP contribution in [0.5, 0.6) is 5.75 Å². The first kappa shape index (κ1) is 22.1. The second-order valence-electron chi connectivity index (χ2n) is 5.49. The standard InChI is InChI=1S/C14H13ClN3O8PS/c1-7-13(20)9(5-19)10(6-27(21,22)23)14(16-7)18-17-12-4-8(28(24,25)26)2-3-11(12)15/h2-5,20H,6H2,1H3,(H2,21,22,23)(H,24,25,26).